The fourth-order valence-corrected chi connectivity index (χ4v) is 2.69. The van der Waals surface area contributed by atoms with Gasteiger partial charge in [-0.15, -0.1) is 0 Å². The van der Waals surface area contributed by atoms with Gasteiger partial charge in [0.2, 0.25) is 10.0 Å². The number of nitrogens with one attached hydrogen (secondary N) is 1. The van der Waals surface area contributed by atoms with E-state index in [-0.39, 0.29) is 10.9 Å². The first kappa shape index (κ1) is 14.5. The average molecular weight is 291 g/mol. The van der Waals surface area contributed by atoms with Gasteiger partial charge in [-0.05, 0) is 17.7 Å². The molecule has 5 nitrogen and oxygen atoms in total. The van der Waals surface area contributed by atoms with E-state index in [2.05, 4.69) is 5.32 Å². The Hall–Kier alpha value is -1.89. The lowest BCUT2D eigenvalue weighted by atomic mass is 10.1. The van der Waals surface area contributed by atoms with Crippen molar-refractivity contribution in [1.82, 2.24) is 0 Å². The molecule has 0 saturated heterocycles. The molecule has 2 aromatic rings. The Morgan fingerprint density at radius 1 is 1.00 bits per heavy atom. The molecule has 0 spiro atoms. The Labute approximate surface area is 118 Å². The molecule has 20 heavy (non-hydrogen) atoms. The van der Waals surface area contributed by atoms with Gasteiger partial charge in [-0.25, -0.2) is 13.6 Å². The van der Waals surface area contributed by atoms with E-state index in [0.717, 1.165) is 5.56 Å². The normalized spacial score (nSPS) is 12.9. The third-order valence-electron chi connectivity index (χ3n) is 2.96. The van der Waals surface area contributed by atoms with E-state index in [9.17, 15) is 8.42 Å². The van der Waals surface area contributed by atoms with Crippen LogP contribution in [0.3, 0.4) is 0 Å². The van der Waals surface area contributed by atoms with Crippen LogP contribution in [0.25, 0.3) is 0 Å². The largest absolute Gasteiger partial charge is 0.376 e. The Balaban J connectivity index is 2.34. The van der Waals surface area contributed by atoms with Gasteiger partial charge in [-0.2, -0.15) is 0 Å². The molecule has 0 aromatic heterocycles. The SMILES string of the molecule is NCC(Nc1ccccc1S(N)(=O)=O)c1ccccc1. The fourth-order valence-electron chi connectivity index (χ4n) is 1.99. The summed E-state index contributed by atoms with van der Waals surface area (Å²) in [5.74, 6) is 0. The van der Waals surface area contributed by atoms with E-state index in [1.165, 1.54) is 6.07 Å². The van der Waals surface area contributed by atoms with Gasteiger partial charge in [-0.1, -0.05) is 42.5 Å². The lowest BCUT2D eigenvalue weighted by molar-refractivity contribution is 0.598. The third-order valence-corrected chi connectivity index (χ3v) is 3.93. The van der Waals surface area contributed by atoms with Crippen LogP contribution in [-0.4, -0.2) is 15.0 Å². The van der Waals surface area contributed by atoms with Crippen molar-refractivity contribution in [2.45, 2.75) is 10.9 Å². The van der Waals surface area contributed by atoms with Crippen molar-refractivity contribution in [2.75, 3.05) is 11.9 Å². The molecule has 0 amide bonds. The molecule has 0 saturated carbocycles. The van der Waals surface area contributed by atoms with Gasteiger partial charge in [0.05, 0.1) is 11.7 Å². The Morgan fingerprint density at radius 3 is 2.20 bits per heavy atom. The van der Waals surface area contributed by atoms with Gasteiger partial charge in [0.15, 0.2) is 0 Å². The molecule has 6 heteroatoms. The average Bonchev–Trinajstić information content (AvgIpc) is 2.45. The molecular weight excluding hydrogens is 274 g/mol. The third kappa shape index (κ3) is 3.36. The molecule has 2 rings (SSSR count). The first-order valence-electron chi connectivity index (χ1n) is 6.16. The smallest absolute Gasteiger partial charge is 0.240 e. The molecule has 5 N–H and O–H groups in total. The lowest BCUT2D eigenvalue weighted by Crippen LogP contribution is -2.22. The maximum atomic E-state index is 11.6. The van der Waals surface area contributed by atoms with E-state index in [1.54, 1.807) is 18.2 Å². The van der Waals surface area contributed by atoms with Crippen molar-refractivity contribution in [2.24, 2.45) is 10.9 Å². The van der Waals surface area contributed by atoms with Crippen LogP contribution >= 0.6 is 0 Å². The molecule has 106 valence electrons. The molecule has 0 aliphatic carbocycles. The molecule has 0 radical (unpaired) electrons. The minimum Gasteiger partial charge on any atom is -0.376 e. The first-order chi connectivity index (χ1) is 9.52. The summed E-state index contributed by atoms with van der Waals surface area (Å²) in [6, 6.07) is 15.9. The van der Waals surface area contributed by atoms with Crippen molar-refractivity contribution in [3.63, 3.8) is 0 Å². The number of rotatable bonds is 5. The van der Waals surface area contributed by atoms with Crippen LogP contribution in [0.1, 0.15) is 11.6 Å². The van der Waals surface area contributed by atoms with Crippen molar-refractivity contribution in [1.29, 1.82) is 0 Å². The van der Waals surface area contributed by atoms with E-state index in [1.807, 2.05) is 30.3 Å². The van der Waals surface area contributed by atoms with Crippen LogP contribution < -0.4 is 16.2 Å². The zero-order valence-corrected chi connectivity index (χ0v) is 11.7. The van der Waals surface area contributed by atoms with Gasteiger partial charge in [0.1, 0.15) is 4.90 Å². The highest BCUT2D eigenvalue weighted by molar-refractivity contribution is 7.89. The minimum absolute atomic E-state index is 0.0642. The second-order valence-corrected chi connectivity index (χ2v) is 5.91. The van der Waals surface area contributed by atoms with Gasteiger partial charge >= 0.3 is 0 Å². The Kier molecular flexibility index (Phi) is 4.39. The Morgan fingerprint density at radius 2 is 1.60 bits per heavy atom. The zero-order chi connectivity index (χ0) is 14.6. The number of sulfonamides is 1. The predicted molar refractivity (Wildman–Crippen MR) is 79.7 cm³/mol. The van der Waals surface area contributed by atoms with E-state index in [4.69, 9.17) is 10.9 Å². The number of primary sulfonamides is 1. The van der Waals surface area contributed by atoms with Crippen molar-refractivity contribution < 1.29 is 8.42 Å². The summed E-state index contributed by atoms with van der Waals surface area (Å²) >= 11 is 0. The van der Waals surface area contributed by atoms with Gasteiger partial charge in [0.25, 0.3) is 0 Å². The lowest BCUT2D eigenvalue weighted by Gasteiger charge is -2.20. The van der Waals surface area contributed by atoms with E-state index < -0.39 is 10.0 Å². The summed E-state index contributed by atoms with van der Waals surface area (Å²) in [5, 5.41) is 8.35. The number of anilines is 1. The van der Waals surface area contributed by atoms with Crippen LogP contribution in [0, 0.1) is 0 Å². The summed E-state index contributed by atoms with van der Waals surface area (Å²) in [6.07, 6.45) is 0. The highest BCUT2D eigenvalue weighted by Crippen LogP contribution is 2.24. The summed E-state index contributed by atoms with van der Waals surface area (Å²) in [6.45, 7) is 0.336. The van der Waals surface area contributed by atoms with E-state index >= 15 is 0 Å². The van der Waals surface area contributed by atoms with Crippen LogP contribution in [0.5, 0.6) is 0 Å². The number of benzene rings is 2. The molecule has 1 unspecified atom stereocenters. The Bertz CT molecular complexity index is 672. The number of hydrogen-bond donors (Lipinski definition) is 3. The highest BCUT2D eigenvalue weighted by atomic mass is 32.2. The van der Waals surface area contributed by atoms with Gasteiger partial charge < -0.3 is 11.1 Å². The maximum Gasteiger partial charge on any atom is 0.240 e. The minimum atomic E-state index is -3.77. The first-order valence-corrected chi connectivity index (χ1v) is 7.70. The molecule has 0 aliphatic heterocycles. The zero-order valence-electron chi connectivity index (χ0n) is 10.9. The predicted octanol–water partition coefficient (Wildman–Crippen LogP) is 1.45. The summed E-state index contributed by atoms with van der Waals surface area (Å²) in [5.41, 5.74) is 7.21. The summed E-state index contributed by atoms with van der Waals surface area (Å²) < 4.78 is 23.1. The van der Waals surface area contributed by atoms with Crippen LogP contribution in [0.4, 0.5) is 5.69 Å². The molecule has 0 aliphatic rings. The quantitative estimate of drug-likeness (QED) is 0.776. The molecular formula is C14H17N3O2S. The topological polar surface area (TPSA) is 98.2 Å². The molecule has 0 heterocycles. The second kappa shape index (κ2) is 6.04. The van der Waals surface area contributed by atoms with E-state index in [0.29, 0.717) is 12.2 Å². The summed E-state index contributed by atoms with van der Waals surface area (Å²) in [4.78, 5) is 0.0642. The van der Waals surface area contributed by atoms with Crippen molar-refractivity contribution in [3.05, 3.63) is 60.2 Å². The molecule has 2 aromatic carbocycles. The van der Waals surface area contributed by atoms with Crippen LogP contribution in [-0.2, 0) is 10.0 Å². The highest BCUT2D eigenvalue weighted by Gasteiger charge is 2.16. The number of hydrogen-bond acceptors (Lipinski definition) is 4. The number of para-hydroxylation sites is 1. The second-order valence-electron chi connectivity index (χ2n) is 4.38. The van der Waals surface area contributed by atoms with Crippen LogP contribution in [0.15, 0.2) is 59.5 Å². The monoisotopic (exact) mass is 291 g/mol. The van der Waals surface area contributed by atoms with Gasteiger partial charge in [0, 0.05) is 6.54 Å². The van der Waals surface area contributed by atoms with Crippen LogP contribution in [0.2, 0.25) is 0 Å². The maximum absolute atomic E-state index is 11.6. The molecule has 0 bridgehead atoms. The summed E-state index contributed by atoms with van der Waals surface area (Å²) in [7, 11) is -3.77. The molecule has 1 atom stereocenters. The number of nitrogens with two attached hydrogens (primary N) is 2. The fraction of sp³-hybridized carbons (Fsp3) is 0.143. The molecule has 0 fully saturated rings. The van der Waals surface area contributed by atoms with Gasteiger partial charge in [-0.3, -0.25) is 0 Å². The van der Waals surface area contributed by atoms with Crippen molar-refractivity contribution >= 4 is 15.7 Å². The van der Waals surface area contributed by atoms with Crippen molar-refractivity contribution in [3.8, 4) is 0 Å². The standard InChI is InChI=1S/C14H17N3O2S/c15-10-13(11-6-2-1-3-7-11)17-12-8-4-5-9-14(12)20(16,18)19/h1-9,13,17H,10,15H2,(H2,16,18,19).